The number of aromatic nitrogens is 2. The van der Waals surface area contributed by atoms with Crippen LogP contribution in [0.2, 0.25) is 0 Å². The summed E-state index contributed by atoms with van der Waals surface area (Å²) in [6, 6.07) is 7.42. The van der Waals surface area contributed by atoms with E-state index in [1.54, 1.807) is 13.2 Å². The van der Waals surface area contributed by atoms with E-state index in [0.29, 0.717) is 25.1 Å². The van der Waals surface area contributed by atoms with E-state index in [4.69, 9.17) is 9.84 Å². The number of aliphatic hydroxyl groups is 2. The van der Waals surface area contributed by atoms with Gasteiger partial charge in [0.15, 0.2) is 5.60 Å². The molecule has 1 aromatic heterocycles. The van der Waals surface area contributed by atoms with E-state index in [0.717, 1.165) is 36.2 Å². The molecular formula is C31H39N3O6. The zero-order valence-electron chi connectivity index (χ0n) is 23.4. The number of amides is 1. The fourth-order valence-corrected chi connectivity index (χ4v) is 8.89. The molecule has 1 amide bonds. The molecule has 1 aromatic carbocycles. The number of hydrogen-bond acceptors (Lipinski definition) is 6. The molecule has 0 aliphatic heterocycles. The van der Waals surface area contributed by atoms with Crippen LogP contribution in [0.15, 0.2) is 36.0 Å². The molecule has 3 saturated carbocycles. The molecule has 2 aromatic rings. The highest BCUT2D eigenvalue weighted by molar-refractivity contribution is 5.94. The van der Waals surface area contributed by atoms with E-state index in [2.05, 4.69) is 18.3 Å². The van der Waals surface area contributed by atoms with Gasteiger partial charge in [0.2, 0.25) is 0 Å². The Hall–Kier alpha value is -3.01. The molecule has 4 N–H and O–H groups in total. The van der Waals surface area contributed by atoms with Crippen molar-refractivity contribution in [3.63, 3.8) is 0 Å². The van der Waals surface area contributed by atoms with Crippen molar-refractivity contribution >= 4 is 18.0 Å². The van der Waals surface area contributed by atoms with Crippen LogP contribution in [0.3, 0.4) is 0 Å². The molecule has 7 atom stereocenters. The van der Waals surface area contributed by atoms with Crippen molar-refractivity contribution in [3.05, 3.63) is 52.9 Å². The van der Waals surface area contributed by atoms with Crippen LogP contribution in [-0.4, -0.2) is 68.9 Å². The van der Waals surface area contributed by atoms with E-state index < -0.39 is 23.1 Å². The Morgan fingerprint density at radius 1 is 1.25 bits per heavy atom. The molecule has 0 bridgehead atoms. The highest BCUT2D eigenvalue weighted by Crippen LogP contribution is 2.67. The maximum Gasteiger partial charge on any atom is 0.336 e. The summed E-state index contributed by atoms with van der Waals surface area (Å²) in [6.07, 6.45) is 7.05. The molecule has 6 rings (SSSR count). The zero-order chi connectivity index (χ0) is 28.4. The first-order chi connectivity index (χ1) is 19.0. The molecule has 214 valence electrons. The van der Waals surface area contributed by atoms with E-state index in [1.165, 1.54) is 5.57 Å². The van der Waals surface area contributed by atoms with Gasteiger partial charge in [-0.25, -0.2) is 9.48 Å². The molecule has 3 fully saturated rings. The molecule has 4 aliphatic carbocycles. The fraction of sp³-hybridized carbons (Fsp3) is 0.581. The quantitative estimate of drug-likeness (QED) is 0.407. The van der Waals surface area contributed by atoms with Crippen LogP contribution < -0.4 is 5.32 Å². The predicted octanol–water partition coefficient (Wildman–Crippen LogP) is 3.22. The Kier molecular flexibility index (Phi) is 6.48. The van der Waals surface area contributed by atoms with Crippen molar-refractivity contribution in [3.8, 4) is 5.69 Å². The van der Waals surface area contributed by atoms with Crippen LogP contribution in [0.4, 0.5) is 0 Å². The molecule has 9 heteroatoms. The van der Waals surface area contributed by atoms with Gasteiger partial charge in [0, 0.05) is 24.6 Å². The average Bonchev–Trinajstić information content (AvgIpc) is 3.44. The Balaban J connectivity index is 1.30. The van der Waals surface area contributed by atoms with Crippen molar-refractivity contribution in [2.75, 3.05) is 20.3 Å². The van der Waals surface area contributed by atoms with Crippen molar-refractivity contribution in [2.45, 2.75) is 64.1 Å². The first kappa shape index (κ1) is 27.2. The molecule has 1 heterocycles. The van der Waals surface area contributed by atoms with Crippen molar-refractivity contribution in [1.82, 2.24) is 15.1 Å². The van der Waals surface area contributed by atoms with Crippen LogP contribution in [-0.2, 0) is 16.0 Å². The van der Waals surface area contributed by atoms with Crippen LogP contribution in [0, 0.1) is 28.6 Å². The van der Waals surface area contributed by atoms with Crippen LogP contribution >= 0.6 is 0 Å². The molecule has 4 aliphatic rings. The smallest absolute Gasteiger partial charge is 0.336 e. The third-order valence-corrected chi connectivity index (χ3v) is 10.9. The van der Waals surface area contributed by atoms with Gasteiger partial charge in [-0.1, -0.05) is 25.5 Å². The van der Waals surface area contributed by atoms with E-state index >= 15 is 0 Å². The summed E-state index contributed by atoms with van der Waals surface area (Å²) in [4.78, 5) is 24.8. The summed E-state index contributed by atoms with van der Waals surface area (Å²) in [6.45, 7) is 5.00. The minimum absolute atomic E-state index is 0.0163. The first-order valence-electron chi connectivity index (χ1n) is 14.3. The number of carbonyl (C=O) groups excluding carboxylic acids is 1. The number of carboxylic acid groups (broad SMARTS) is 1. The van der Waals surface area contributed by atoms with Gasteiger partial charge in [-0.2, -0.15) is 5.10 Å². The Labute approximate surface area is 234 Å². The van der Waals surface area contributed by atoms with Crippen LogP contribution in [0.1, 0.15) is 67.6 Å². The molecule has 0 spiro atoms. The van der Waals surface area contributed by atoms with Gasteiger partial charge >= 0.3 is 5.97 Å². The number of methoxy groups -OCH3 is 1. The van der Waals surface area contributed by atoms with Crippen LogP contribution in [0.25, 0.3) is 11.8 Å². The standard InChI is InChI=1S/C31H39N3O6/c1-29-15-19-17-33-34(21-6-4-5-18(13-21)27(36)32-11-12-40-3)24(19)14-20(29)7-8-22-23-9-10-31(39,28(37)38)30(23,2)16-25(35)26(22)29/h4-6,13-14,17,22-23,25-26,35,39H,7-12,15-16H2,1-3H3,(H,32,36)(H,37,38)/t22-,23?,25-,26?,29-,30-,31-/m0/s1. The lowest BCUT2D eigenvalue weighted by Gasteiger charge is -2.60. The van der Waals surface area contributed by atoms with Gasteiger partial charge in [-0.15, -0.1) is 0 Å². The predicted molar refractivity (Wildman–Crippen MR) is 148 cm³/mol. The maximum absolute atomic E-state index is 12.6. The number of fused-ring (bicyclic) bond motifs is 6. The molecule has 40 heavy (non-hydrogen) atoms. The topological polar surface area (TPSA) is 134 Å². The highest BCUT2D eigenvalue weighted by Gasteiger charge is 2.68. The maximum atomic E-state index is 12.6. The summed E-state index contributed by atoms with van der Waals surface area (Å²) in [5, 5.41) is 40.3. The number of allylic oxidation sites excluding steroid dienone is 1. The number of nitrogens with one attached hydrogen (secondary N) is 1. The van der Waals surface area contributed by atoms with Crippen molar-refractivity contribution < 1.29 is 29.6 Å². The lowest BCUT2D eigenvalue weighted by molar-refractivity contribution is -0.193. The van der Waals surface area contributed by atoms with Crippen LogP contribution in [0.5, 0.6) is 0 Å². The Bertz CT molecular complexity index is 1380. The molecule has 9 nitrogen and oxygen atoms in total. The summed E-state index contributed by atoms with van der Waals surface area (Å²) in [5.74, 6) is -1.14. The van der Waals surface area contributed by atoms with Gasteiger partial charge in [-0.3, -0.25) is 4.79 Å². The Morgan fingerprint density at radius 2 is 2.05 bits per heavy atom. The molecule has 0 radical (unpaired) electrons. The van der Waals surface area contributed by atoms with Gasteiger partial charge in [0.05, 0.1) is 30.3 Å². The third-order valence-electron chi connectivity index (χ3n) is 10.9. The number of carbonyl (C=O) groups is 2. The number of benzene rings is 1. The molecule has 0 saturated heterocycles. The number of aliphatic carboxylic acids is 1. The average molecular weight is 550 g/mol. The number of hydrogen-bond donors (Lipinski definition) is 4. The number of ether oxygens (including phenoxy) is 1. The molecular weight excluding hydrogens is 510 g/mol. The van der Waals surface area contributed by atoms with Gasteiger partial charge in [0.25, 0.3) is 5.91 Å². The summed E-state index contributed by atoms with van der Waals surface area (Å²) in [5.41, 5.74) is 1.82. The molecule has 2 unspecified atom stereocenters. The highest BCUT2D eigenvalue weighted by atomic mass is 16.5. The minimum atomic E-state index is -1.79. The summed E-state index contributed by atoms with van der Waals surface area (Å²) < 4.78 is 6.91. The number of nitrogens with zero attached hydrogens (tertiary/aromatic N) is 2. The first-order valence-corrected chi connectivity index (χ1v) is 14.3. The number of rotatable bonds is 6. The summed E-state index contributed by atoms with van der Waals surface area (Å²) in [7, 11) is 1.60. The Morgan fingerprint density at radius 3 is 2.80 bits per heavy atom. The SMILES string of the molecule is COCCNC(=O)c1cccc(-n2ncc3c2C=C2CC[C@@H]4C([C@@H](O)C[C@@]5(C)C4CC[C@]5(O)C(=O)O)[C@@]2(C)C3)c1. The van der Waals surface area contributed by atoms with E-state index in [1.807, 2.05) is 36.0 Å². The minimum Gasteiger partial charge on any atom is -0.479 e. The van der Waals surface area contributed by atoms with Crippen molar-refractivity contribution in [2.24, 2.45) is 28.6 Å². The fourth-order valence-electron chi connectivity index (χ4n) is 8.89. The second-order valence-electron chi connectivity index (χ2n) is 12.8. The zero-order valence-corrected chi connectivity index (χ0v) is 23.4. The lowest BCUT2D eigenvalue weighted by atomic mass is 9.45. The van der Waals surface area contributed by atoms with Gasteiger partial charge in [-0.05, 0) is 91.5 Å². The normalized spacial score (nSPS) is 36.1. The lowest BCUT2D eigenvalue weighted by Crippen LogP contribution is -2.61. The van der Waals surface area contributed by atoms with E-state index in [9.17, 15) is 24.9 Å². The van der Waals surface area contributed by atoms with Gasteiger partial charge < -0.3 is 25.4 Å². The monoisotopic (exact) mass is 549 g/mol. The van der Waals surface area contributed by atoms with Gasteiger partial charge in [0.1, 0.15) is 0 Å². The van der Waals surface area contributed by atoms with Crippen molar-refractivity contribution in [1.29, 1.82) is 0 Å². The number of aliphatic hydroxyl groups excluding tert-OH is 1. The second kappa shape index (κ2) is 9.53. The summed E-state index contributed by atoms with van der Waals surface area (Å²) >= 11 is 0. The second-order valence-corrected chi connectivity index (χ2v) is 12.8. The largest absolute Gasteiger partial charge is 0.479 e. The number of carboxylic acids is 1. The van der Waals surface area contributed by atoms with E-state index in [-0.39, 0.29) is 41.9 Å². The third kappa shape index (κ3) is 3.81.